The average molecular weight is 213 g/mol. The van der Waals surface area contributed by atoms with Crippen LogP contribution in [-0.2, 0) is 0 Å². The number of hydrogen-bond acceptors (Lipinski definition) is 3. The van der Waals surface area contributed by atoms with E-state index in [2.05, 4.69) is 23.8 Å². The predicted octanol–water partition coefficient (Wildman–Crippen LogP) is 3.47. The number of fused-ring (bicyclic) bond motifs is 1. The van der Waals surface area contributed by atoms with Gasteiger partial charge in [0, 0.05) is 0 Å². The third kappa shape index (κ3) is 1.54. The van der Waals surface area contributed by atoms with Gasteiger partial charge in [-0.25, -0.2) is 9.97 Å². The van der Waals surface area contributed by atoms with Crippen molar-refractivity contribution in [1.82, 2.24) is 9.97 Å². The molecule has 0 aromatic carbocycles. The van der Waals surface area contributed by atoms with E-state index in [1.54, 1.807) is 11.3 Å². The highest BCUT2D eigenvalue weighted by Crippen LogP contribution is 2.28. The molecule has 68 valence electrons. The summed E-state index contributed by atoms with van der Waals surface area (Å²) in [6.45, 7) is 4.22. The Bertz CT molecular complexity index is 436. The molecule has 0 aliphatic heterocycles. The molecule has 2 rings (SSSR count). The van der Waals surface area contributed by atoms with Gasteiger partial charge in [0.25, 0.3) is 0 Å². The van der Waals surface area contributed by atoms with Crippen LogP contribution >= 0.6 is 22.9 Å². The highest BCUT2D eigenvalue weighted by Gasteiger charge is 2.10. The molecule has 0 radical (unpaired) electrons. The number of rotatable bonds is 1. The van der Waals surface area contributed by atoms with Crippen LogP contribution in [0.1, 0.15) is 25.5 Å². The van der Waals surface area contributed by atoms with Crippen LogP contribution in [0.4, 0.5) is 0 Å². The summed E-state index contributed by atoms with van der Waals surface area (Å²) in [5, 5.41) is 2.36. The third-order valence-electron chi connectivity index (χ3n) is 1.85. The molecule has 0 saturated heterocycles. The molecule has 0 unspecified atom stereocenters. The highest BCUT2D eigenvalue weighted by molar-refractivity contribution is 7.17. The van der Waals surface area contributed by atoms with Gasteiger partial charge in [-0.15, -0.1) is 11.3 Å². The lowest BCUT2D eigenvalue weighted by Crippen LogP contribution is -1.94. The number of nitrogens with zero attached hydrogens (tertiary/aromatic N) is 2. The normalized spacial score (nSPS) is 11.4. The second kappa shape index (κ2) is 3.24. The summed E-state index contributed by atoms with van der Waals surface area (Å²) in [5.41, 5.74) is 2.00. The fraction of sp³-hybridized carbons (Fsp3) is 0.333. The lowest BCUT2D eigenvalue weighted by molar-refractivity contribution is 0.831. The fourth-order valence-corrected chi connectivity index (χ4v) is 2.40. The summed E-state index contributed by atoms with van der Waals surface area (Å²) in [4.78, 5) is 8.38. The van der Waals surface area contributed by atoms with Crippen molar-refractivity contribution >= 4 is 33.2 Å². The zero-order chi connectivity index (χ0) is 9.42. The Hall–Kier alpha value is -0.670. The van der Waals surface area contributed by atoms with E-state index in [9.17, 15) is 0 Å². The summed E-state index contributed by atoms with van der Waals surface area (Å²) < 4.78 is 1.15. The minimum absolute atomic E-state index is 0.342. The van der Waals surface area contributed by atoms with E-state index in [1.165, 1.54) is 0 Å². The Balaban J connectivity index is 2.77. The molecule has 0 fully saturated rings. The van der Waals surface area contributed by atoms with Gasteiger partial charge < -0.3 is 0 Å². The smallest absolute Gasteiger partial charge is 0.221 e. The molecule has 0 N–H and O–H groups in total. The molecule has 0 aliphatic rings. The van der Waals surface area contributed by atoms with Gasteiger partial charge in [0.1, 0.15) is 0 Å². The lowest BCUT2D eigenvalue weighted by Gasteiger charge is -2.04. The summed E-state index contributed by atoms with van der Waals surface area (Å²) in [6, 6.07) is 1.97. The van der Waals surface area contributed by atoms with E-state index in [0.717, 1.165) is 15.9 Å². The molecule has 2 aromatic heterocycles. The maximum absolute atomic E-state index is 5.81. The van der Waals surface area contributed by atoms with Crippen LogP contribution in [0.2, 0.25) is 5.28 Å². The van der Waals surface area contributed by atoms with Gasteiger partial charge in [0.2, 0.25) is 5.28 Å². The second-order valence-corrected chi connectivity index (χ2v) is 4.42. The van der Waals surface area contributed by atoms with Crippen molar-refractivity contribution in [3.63, 3.8) is 0 Å². The van der Waals surface area contributed by atoms with Crippen molar-refractivity contribution in [1.29, 1.82) is 0 Å². The summed E-state index contributed by atoms with van der Waals surface area (Å²) >= 11 is 7.47. The van der Waals surface area contributed by atoms with Crippen LogP contribution in [0.25, 0.3) is 10.2 Å². The van der Waals surface area contributed by atoms with Crippen molar-refractivity contribution in [3.05, 3.63) is 22.4 Å². The Morgan fingerprint density at radius 1 is 1.38 bits per heavy atom. The van der Waals surface area contributed by atoms with Gasteiger partial charge in [0.05, 0.1) is 15.9 Å². The Kier molecular flexibility index (Phi) is 2.22. The van der Waals surface area contributed by atoms with E-state index in [4.69, 9.17) is 11.6 Å². The van der Waals surface area contributed by atoms with E-state index in [1.807, 2.05) is 11.4 Å². The van der Waals surface area contributed by atoms with Gasteiger partial charge in [-0.1, -0.05) is 13.8 Å². The molecule has 2 heterocycles. The molecule has 2 aromatic rings. The van der Waals surface area contributed by atoms with Crippen molar-refractivity contribution in [2.75, 3.05) is 0 Å². The molecule has 4 heteroatoms. The lowest BCUT2D eigenvalue weighted by atomic mass is 10.1. The minimum atomic E-state index is 0.342. The first-order valence-corrected chi connectivity index (χ1v) is 5.35. The first-order chi connectivity index (χ1) is 6.18. The van der Waals surface area contributed by atoms with E-state index >= 15 is 0 Å². The summed E-state index contributed by atoms with van der Waals surface area (Å²) in [5.74, 6) is 0.390. The number of halogens is 1. The summed E-state index contributed by atoms with van der Waals surface area (Å²) in [7, 11) is 0. The van der Waals surface area contributed by atoms with Gasteiger partial charge >= 0.3 is 0 Å². The Labute approximate surface area is 85.6 Å². The standard InChI is InChI=1S/C9H9ClN2S/c1-5(2)7-8-6(3-4-13-8)11-9(10)12-7/h3-5H,1-2H3. The van der Waals surface area contributed by atoms with Crippen LogP contribution < -0.4 is 0 Å². The molecule has 0 bridgehead atoms. The Morgan fingerprint density at radius 2 is 2.15 bits per heavy atom. The SMILES string of the molecule is CC(C)c1nc(Cl)nc2ccsc12. The molecule has 0 aliphatic carbocycles. The molecule has 0 amide bonds. The minimum Gasteiger partial charge on any atom is -0.221 e. The topological polar surface area (TPSA) is 25.8 Å². The molecule has 0 spiro atoms. The zero-order valence-corrected chi connectivity index (χ0v) is 8.99. The molecular formula is C9H9ClN2S. The molecule has 0 atom stereocenters. The number of hydrogen-bond donors (Lipinski definition) is 0. The zero-order valence-electron chi connectivity index (χ0n) is 7.41. The molecule has 13 heavy (non-hydrogen) atoms. The van der Waals surface area contributed by atoms with Crippen molar-refractivity contribution < 1.29 is 0 Å². The second-order valence-electron chi connectivity index (χ2n) is 3.17. The van der Waals surface area contributed by atoms with E-state index in [0.29, 0.717) is 11.2 Å². The predicted molar refractivity (Wildman–Crippen MR) is 56.5 cm³/mol. The summed E-state index contributed by atoms with van der Waals surface area (Å²) in [6.07, 6.45) is 0. The van der Waals surface area contributed by atoms with E-state index in [-0.39, 0.29) is 0 Å². The average Bonchev–Trinajstić information content (AvgIpc) is 2.49. The molecular weight excluding hydrogens is 204 g/mol. The van der Waals surface area contributed by atoms with E-state index < -0.39 is 0 Å². The van der Waals surface area contributed by atoms with Gasteiger partial charge in [0.15, 0.2) is 0 Å². The van der Waals surface area contributed by atoms with Crippen LogP contribution in [0, 0.1) is 0 Å². The quantitative estimate of drug-likeness (QED) is 0.677. The third-order valence-corrected chi connectivity index (χ3v) is 2.94. The molecule has 0 saturated carbocycles. The maximum atomic E-state index is 5.81. The molecule has 2 nitrogen and oxygen atoms in total. The largest absolute Gasteiger partial charge is 0.223 e. The number of aromatic nitrogens is 2. The number of thiophene rings is 1. The van der Waals surface area contributed by atoms with Crippen LogP contribution in [0.5, 0.6) is 0 Å². The van der Waals surface area contributed by atoms with Crippen LogP contribution in [-0.4, -0.2) is 9.97 Å². The van der Waals surface area contributed by atoms with Gasteiger partial charge in [-0.05, 0) is 29.0 Å². The maximum Gasteiger partial charge on any atom is 0.223 e. The van der Waals surface area contributed by atoms with Gasteiger partial charge in [-0.2, -0.15) is 0 Å². The first kappa shape index (κ1) is 8.91. The van der Waals surface area contributed by atoms with Crippen molar-refractivity contribution in [3.8, 4) is 0 Å². The van der Waals surface area contributed by atoms with Gasteiger partial charge in [-0.3, -0.25) is 0 Å². The van der Waals surface area contributed by atoms with Crippen molar-refractivity contribution in [2.45, 2.75) is 19.8 Å². The monoisotopic (exact) mass is 212 g/mol. The fourth-order valence-electron chi connectivity index (χ4n) is 1.25. The van der Waals surface area contributed by atoms with Crippen LogP contribution in [0.15, 0.2) is 11.4 Å². The Morgan fingerprint density at radius 3 is 2.85 bits per heavy atom. The first-order valence-electron chi connectivity index (χ1n) is 4.09. The van der Waals surface area contributed by atoms with Crippen molar-refractivity contribution in [2.24, 2.45) is 0 Å². The highest BCUT2D eigenvalue weighted by atomic mass is 35.5. The van der Waals surface area contributed by atoms with Crippen LogP contribution in [0.3, 0.4) is 0 Å².